The molecule has 0 fully saturated rings. The van der Waals surface area contributed by atoms with Gasteiger partial charge in [-0.05, 0) is 24.6 Å². The van der Waals surface area contributed by atoms with E-state index < -0.39 is 0 Å². The van der Waals surface area contributed by atoms with Crippen molar-refractivity contribution in [2.75, 3.05) is 30.4 Å². The Bertz CT molecular complexity index is 516. The number of hydrogen-bond donors (Lipinski definition) is 2. The molecule has 1 aromatic carbocycles. The van der Waals surface area contributed by atoms with Crippen molar-refractivity contribution in [3.05, 3.63) is 18.2 Å². The van der Waals surface area contributed by atoms with E-state index in [1.165, 1.54) is 0 Å². The summed E-state index contributed by atoms with van der Waals surface area (Å²) in [4.78, 5) is 25.0. The third-order valence-corrected chi connectivity index (χ3v) is 3.06. The number of carbonyl (C=O) groups is 2. The average Bonchev–Trinajstić information content (AvgIpc) is 2.57. The van der Waals surface area contributed by atoms with E-state index in [9.17, 15) is 9.59 Å². The summed E-state index contributed by atoms with van der Waals surface area (Å²) in [6.07, 6.45) is 1.23. The van der Waals surface area contributed by atoms with Gasteiger partial charge in [0.05, 0.1) is 18.7 Å². The first-order valence-electron chi connectivity index (χ1n) is 6.70. The predicted octanol–water partition coefficient (Wildman–Crippen LogP) is 1.96. The highest BCUT2D eigenvalue weighted by molar-refractivity contribution is 5.97. The minimum Gasteiger partial charge on any atom is -0.491 e. The molecule has 0 saturated carbocycles. The lowest BCUT2D eigenvalue weighted by molar-refractivity contribution is -0.118. The molecule has 0 spiro atoms. The van der Waals surface area contributed by atoms with Gasteiger partial charge in [-0.3, -0.25) is 4.79 Å². The molecule has 108 valence electrons. The molecular formula is C14H19N3O3. The molecule has 3 amide bonds. The molecular weight excluding hydrogens is 258 g/mol. The number of amides is 3. The van der Waals surface area contributed by atoms with Crippen molar-refractivity contribution in [2.24, 2.45) is 0 Å². The molecule has 0 unspecified atom stereocenters. The van der Waals surface area contributed by atoms with Crippen LogP contribution in [0.4, 0.5) is 16.2 Å². The van der Waals surface area contributed by atoms with Gasteiger partial charge in [0.2, 0.25) is 5.91 Å². The molecule has 0 bridgehead atoms. The fourth-order valence-corrected chi connectivity index (χ4v) is 1.94. The number of carbonyl (C=O) groups excluding carboxylic acids is 2. The first kappa shape index (κ1) is 14.2. The highest BCUT2D eigenvalue weighted by atomic mass is 16.5. The quantitative estimate of drug-likeness (QED) is 0.887. The standard InChI is InChI=1S/C14H19N3O3/c1-3-7-15-14(19)16-10-4-5-12-11(9-10)17(2)13(18)6-8-20-12/h4-5,9H,3,6-8H2,1-2H3,(H2,15,16,19). The molecule has 6 heteroatoms. The summed E-state index contributed by atoms with van der Waals surface area (Å²) in [6, 6.07) is 5.01. The van der Waals surface area contributed by atoms with Crippen molar-refractivity contribution in [1.29, 1.82) is 0 Å². The number of nitrogens with one attached hydrogen (secondary N) is 2. The van der Waals surface area contributed by atoms with E-state index in [4.69, 9.17) is 4.74 Å². The summed E-state index contributed by atoms with van der Waals surface area (Å²) in [6.45, 7) is 2.98. The summed E-state index contributed by atoms with van der Waals surface area (Å²) >= 11 is 0. The monoisotopic (exact) mass is 277 g/mol. The SMILES string of the molecule is CCCNC(=O)Nc1ccc2c(c1)N(C)C(=O)CCO2. The number of hydrogen-bond acceptors (Lipinski definition) is 3. The third-order valence-electron chi connectivity index (χ3n) is 3.06. The number of urea groups is 1. The van der Waals surface area contributed by atoms with E-state index in [1.807, 2.05) is 6.92 Å². The van der Waals surface area contributed by atoms with Crippen LogP contribution in [0, 0.1) is 0 Å². The summed E-state index contributed by atoms with van der Waals surface area (Å²) in [5.41, 5.74) is 1.29. The Labute approximate surface area is 118 Å². The van der Waals surface area contributed by atoms with Crippen LogP contribution >= 0.6 is 0 Å². The topological polar surface area (TPSA) is 70.7 Å². The van der Waals surface area contributed by atoms with E-state index in [1.54, 1.807) is 30.1 Å². The van der Waals surface area contributed by atoms with E-state index >= 15 is 0 Å². The maximum Gasteiger partial charge on any atom is 0.319 e. The molecule has 0 saturated heterocycles. The van der Waals surface area contributed by atoms with Gasteiger partial charge in [-0.2, -0.15) is 0 Å². The van der Waals surface area contributed by atoms with Crippen LogP contribution in [0.15, 0.2) is 18.2 Å². The Morgan fingerprint density at radius 3 is 3.00 bits per heavy atom. The molecule has 6 nitrogen and oxygen atoms in total. The Kier molecular flexibility index (Phi) is 4.45. The Morgan fingerprint density at radius 2 is 2.25 bits per heavy atom. The zero-order valence-electron chi connectivity index (χ0n) is 11.7. The van der Waals surface area contributed by atoms with Crippen molar-refractivity contribution in [3.8, 4) is 5.75 Å². The van der Waals surface area contributed by atoms with Crippen LogP contribution in [-0.2, 0) is 4.79 Å². The Hall–Kier alpha value is -2.24. The summed E-state index contributed by atoms with van der Waals surface area (Å²) in [5.74, 6) is 0.647. The minimum atomic E-state index is -0.254. The Morgan fingerprint density at radius 1 is 1.45 bits per heavy atom. The molecule has 1 aliphatic rings. The van der Waals surface area contributed by atoms with E-state index in [0.29, 0.717) is 36.7 Å². The van der Waals surface area contributed by atoms with Gasteiger partial charge < -0.3 is 20.3 Å². The lowest BCUT2D eigenvalue weighted by atomic mass is 10.2. The van der Waals surface area contributed by atoms with Crippen molar-refractivity contribution in [3.63, 3.8) is 0 Å². The van der Waals surface area contributed by atoms with Crippen LogP contribution in [0.5, 0.6) is 5.75 Å². The second kappa shape index (κ2) is 6.27. The van der Waals surface area contributed by atoms with Gasteiger partial charge in [0, 0.05) is 19.3 Å². The lowest BCUT2D eigenvalue weighted by Gasteiger charge is -2.17. The number of nitrogens with zero attached hydrogens (tertiary/aromatic N) is 1. The molecule has 0 aliphatic carbocycles. The van der Waals surface area contributed by atoms with Gasteiger partial charge in [-0.15, -0.1) is 0 Å². The molecule has 2 rings (SSSR count). The molecule has 0 atom stereocenters. The number of benzene rings is 1. The smallest absolute Gasteiger partial charge is 0.319 e. The van der Waals surface area contributed by atoms with Crippen molar-refractivity contribution >= 4 is 23.3 Å². The van der Waals surface area contributed by atoms with Gasteiger partial charge >= 0.3 is 6.03 Å². The maximum atomic E-state index is 11.8. The fourth-order valence-electron chi connectivity index (χ4n) is 1.94. The van der Waals surface area contributed by atoms with Crippen LogP contribution in [0.1, 0.15) is 19.8 Å². The van der Waals surface area contributed by atoms with Gasteiger partial charge in [-0.25, -0.2) is 4.79 Å². The third kappa shape index (κ3) is 3.20. The zero-order chi connectivity index (χ0) is 14.5. The van der Waals surface area contributed by atoms with Crippen molar-refractivity contribution in [2.45, 2.75) is 19.8 Å². The summed E-state index contributed by atoms with van der Waals surface area (Å²) in [7, 11) is 1.71. The molecule has 1 aliphatic heterocycles. The Balaban J connectivity index is 2.16. The van der Waals surface area contributed by atoms with Crippen LogP contribution in [-0.4, -0.2) is 32.1 Å². The van der Waals surface area contributed by atoms with Crippen LogP contribution in [0.2, 0.25) is 0 Å². The van der Waals surface area contributed by atoms with Crippen LogP contribution < -0.4 is 20.3 Å². The highest BCUT2D eigenvalue weighted by Crippen LogP contribution is 2.33. The van der Waals surface area contributed by atoms with E-state index in [2.05, 4.69) is 10.6 Å². The van der Waals surface area contributed by atoms with Gasteiger partial charge in [0.15, 0.2) is 0 Å². The molecule has 0 aromatic heterocycles. The normalized spacial score (nSPS) is 14.1. The number of anilines is 2. The van der Waals surface area contributed by atoms with Gasteiger partial charge in [-0.1, -0.05) is 6.92 Å². The number of fused-ring (bicyclic) bond motifs is 1. The lowest BCUT2D eigenvalue weighted by Crippen LogP contribution is -2.29. The number of ether oxygens (including phenoxy) is 1. The molecule has 1 heterocycles. The zero-order valence-corrected chi connectivity index (χ0v) is 11.7. The maximum absolute atomic E-state index is 11.8. The number of rotatable bonds is 3. The fraction of sp³-hybridized carbons (Fsp3) is 0.429. The van der Waals surface area contributed by atoms with Crippen molar-refractivity contribution < 1.29 is 14.3 Å². The van der Waals surface area contributed by atoms with Gasteiger partial charge in [0.1, 0.15) is 5.75 Å². The van der Waals surface area contributed by atoms with Gasteiger partial charge in [0.25, 0.3) is 0 Å². The average molecular weight is 277 g/mol. The summed E-state index contributed by atoms with van der Waals surface area (Å²) in [5, 5.41) is 5.47. The molecule has 0 radical (unpaired) electrons. The van der Waals surface area contributed by atoms with Crippen molar-refractivity contribution in [1.82, 2.24) is 5.32 Å². The summed E-state index contributed by atoms with van der Waals surface area (Å²) < 4.78 is 5.52. The van der Waals surface area contributed by atoms with E-state index in [-0.39, 0.29) is 11.9 Å². The first-order valence-corrected chi connectivity index (χ1v) is 6.70. The molecule has 1 aromatic rings. The first-order chi connectivity index (χ1) is 9.61. The minimum absolute atomic E-state index is 0.00339. The second-order valence-corrected chi connectivity index (χ2v) is 4.61. The van der Waals surface area contributed by atoms with Crippen LogP contribution in [0.3, 0.4) is 0 Å². The van der Waals surface area contributed by atoms with Crippen LogP contribution in [0.25, 0.3) is 0 Å². The van der Waals surface area contributed by atoms with E-state index in [0.717, 1.165) is 6.42 Å². The molecule has 20 heavy (non-hydrogen) atoms. The second-order valence-electron chi connectivity index (χ2n) is 4.61. The predicted molar refractivity (Wildman–Crippen MR) is 77.3 cm³/mol. The highest BCUT2D eigenvalue weighted by Gasteiger charge is 2.20. The largest absolute Gasteiger partial charge is 0.491 e. The molecule has 2 N–H and O–H groups in total.